The van der Waals surface area contributed by atoms with Gasteiger partial charge in [-0.2, -0.15) is 5.10 Å². The van der Waals surface area contributed by atoms with Gasteiger partial charge in [0.1, 0.15) is 17.9 Å². The summed E-state index contributed by atoms with van der Waals surface area (Å²) >= 11 is 0. The third-order valence-electron chi connectivity index (χ3n) is 15.6. The van der Waals surface area contributed by atoms with E-state index in [1.165, 1.54) is 0 Å². The van der Waals surface area contributed by atoms with Crippen LogP contribution in [0.5, 0.6) is 0 Å². The summed E-state index contributed by atoms with van der Waals surface area (Å²) in [5.41, 5.74) is 20.9. The second-order valence-corrected chi connectivity index (χ2v) is 19.5. The van der Waals surface area contributed by atoms with Crippen LogP contribution < -0.4 is 5.43 Å². The van der Waals surface area contributed by atoms with Crippen molar-refractivity contribution in [2.45, 2.75) is 31.1 Å². The minimum Gasteiger partial charge on any atom is -0.482 e. The van der Waals surface area contributed by atoms with Gasteiger partial charge in [0.15, 0.2) is 5.76 Å². The first-order chi connectivity index (χ1) is 34.9. The number of fused-ring (bicyclic) bond motifs is 8. The Bertz CT molecular complexity index is 3710. The van der Waals surface area contributed by atoms with Crippen molar-refractivity contribution in [3.63, 3.8) is 0 Å². The first kappa shape index (κ1) is 41.5. The summed E-state index contributed by atoms with van der Waals surface area (Å²) in [6.07, 6.45) is 14.8. The molecule has 7 heterocycles. The molecule has 4 aromatic carbocycles. The van der Waals surface area contributed by atoms with Crippen molar-refractivity contribution >= 4 is 63.6 Å². The van der Waals surface area contributed by atoms with Crippen LogP contribution in [0.25, 0.3) is 90.9 Å². The standard InChI is InChI=1S/C61H47N7O3/c1-68-32-31-61-41-21-30-52(69)60(61)71-59-57(61)39(34-51(41)68)33-50(58(59)70)67-66-40-19-17-38(18-20-40)56-48-28-26-46(64-48)54(36-13-7-3-8-14-36)44-24-22-42(62-44)53(35-11-5-2-6-12-35)43-23-25-45(63-43)55(37-15-9-4-10-16-37)47-27-29-49(56)65-47/h2-30,33,41,51-52,60,62,65-66,69H,31-32,34H2,1H3/b53-42?,53-43?,54-44?,54-46?,55-45?,55-47?,56-48?,56-49?,67-50-/t41-,51+,52-,60-,61-/m0/s1. The fourth-order valence-corrected chi connectivity index (χ4v) is 12.4. The highest BCUT2D eigenvalue weighted by molar-refractivity contribution is 6.50. The number of anilines is 1. The van der Waals surface area contributed by atoms with Crippen molar-refractivity contribution in [3.8, 4) is 44.5 Å². The Morgan fingerprint density at radius 3 is 1.62 bits per heavy atom. The molecule has 10 bridgehead atoms. The number of H-pyrrole nitrogens is 2. The lowest BCUT2D eigenvalue weighted by molar-refractivity contribution is -0.117. The number of hydrogen-bond acceptors (Lipinski definition) is 8. The van der Waals surface area contributed by atoms with Gasteiger partial charge in [-0.15, -0.1) is 0 Å². The topological polar surface area (TPSA) is 132 Å². The predicted octanol–water partition coefficient (Wildman–Crippen LogP) is 11.9. The molecular weight excluding hydrogens is 879 g/mol. The lowest BCUT2D eigenvalue weighted by atomic mass is 9.51. The SMILES string of the molecule is CN1CC[C@]23C4=C5O[C@H]2[C@@H](O)C=C[C@H]3[C@H]1CC4=C/C(=N/Nc1ccc(-c2c3nc(c(-c4ccccc4)c4ccc([nH]4)c(-c4ccccc4)c4nc(c(-c6ccccc6)c6ccc2[nH]6)C=C4)C=C3)cc1)C5=O. The number of rotatable bonds is 6. The highest BCUT2D eigenvalue weighted by atomic mass is 16.5. The van der Waals surface area contributed by atoms with E-state index >= 15 is 0 Å². The van der Waals surface area contributed by atoms with Crippen molar-refractivity contribution < 1.29 is 14.6 Å². The minimum atomic E-state index is -0.775. The van der Waals surface area contributed by atoms with E-state index in [-0.39, 0.29) is 17.7 Å². The van der Waals surface area contributed by atoms with Gasteiger partial charge < -0.3 is 24.7 Å². The van der Waals surface area contributed by atoms with E-state index in [4.69, 9.17) is 19.8 Å². The molecule has 3 aromatic heterocycles. The number of nitrogens with one attached hydrogen (secondary N) is 3. The van der Waals surface area contributed by atoms with Gasteiger partial charge in [-0.25, -0.2) is 9.97 Å². The normalized spacial score (nSPS) is 23.2. The number of aromatic nitrogens is 4. The summed E-state index contributed by atoms with van der Waals surface area (Å²) < 4.78 is 6.49. The largest absolute Gasteiger partial charge is 0.482 e. The van der Waals surface area contributed by atoms with E-state index in [9.17, 15) is 9.90 Å². The highest BCUT2D eigenvalue weighted by Gasteiger charge is 2.66. The van der Waals surface area contributed by atoms with Crippen LogP contribution in [0.3, 0.4) is 0 Å². The van der Waals surface area contributed by atoms with Gasteiger partial charge in [0.2, 0.25) is 5.78 Å². The van der Waals surface area contributed by atoms with Crippen molar-refractivity contribution in [2.24, 2.45) is 16.4 Å². The number of aliphatic hydroxyl groups excluding tert-OH is 1. The Morgan fingerprint density at radius 2 is 1.13 bits per heavy atom. The highest BCUT2D eigenvalue weighted by Crippen LogP contribution is 2.64. The van der Waals surface area contributed by atoms with Crippen LogP contribution in [0.1, 0.15) is 35.6 Å². The third kappa shape index (κ3) is 6.48. The molecule has 1 saturated heterocycles. The van der Waals surface area contributed by atoms with Gasteiger partial charge in [-0.1, -0.05) is 115 Å². The number of hydrazone groups is 1. The monoisotopic (exact) mass is 925 g/mol. The maximum atomic E-state index is 14.2. The fraction of sp³-hybridized carbons (Fsp3) is 0.148. The summed E-state index contributed by atoms with van der Waals surface area (Å²) in [6, 6.07) is 48.2. The molecule has 4 N–H and O–H groups in total. The molecule has 3 aliphatic carbocycles. The number of aliphatic hydroxyl groups is 1. The molecule has 10 nitrogen and oxygen atoms in total. The van der Waals surface area contributed by atoms with E-state index in [1.807, 2.05) is 42.5 Å². The number of aromatic amines is 2. The number of ether oxygens (including phenoxy) is 1. The first-order valence-corrected chi connectivity index (χ1v) is 24.4. The summed E-state index contributed by atoms with van der Waals surface area (Å²) in [6.45, 7) is 0.891. The molecular formula is C61H47N7O3. The van der Waals surface area contributed by atoms with E-state index in [0.29, 0.717) is 11.5 Å². The first-order valence-electron chi connectivity index (χ1n) is 24.4. The average Bonchev–Trinajstić information content (AvgIpc) is 4.28. The van der Waals surface area contributed by atoms with Gasteiger partial charge in [-0.3, -0.25) is 10.2 Å². The van der Waals surface area contributed by atoms with Gasteiger partial charge in [0.25, 0.3) is 0 Å². The summed E-state index contributed by atoms with van der Waals surface area (Å²) in [5, 5.41) is 15.9. The van der Waals surface area contributed by atoms with E-state index < -0.39 is 17.6 Å². The van der Waals surface area contributed by atoms with E-state index in [1.54, 1.807) is 0 Å². The number of carbonyl (C=O) groups excluding carboxylic acids is 1. The Balaban J connectivity index is 0.913. The number of piperidine rings is 1. The zero-order chi connectivity index (χ0) is 47.4. The quantitative estimate of drug-likeness (QED) is 0.0742. The molecule has 5 atom stereocenters. The number of ketones is 1. The number of likely N-dealkylation sites (tertiary alicyclic amines) is 1. The van der Waals surface area contributed by atoms with Crippen LogP contribution in [0.2, 0.25) is 0 Å². The number of allylic oxidation sites excluding steroid dienone is 2. The van der Waals surface area contributed by atoms with Gasteiger partial charge in [-0.05, 0) is 121 Å². The Kier molecular flexibility index (Phi) is 9.39. The molecule has 0 amide bonds. The average molecular weight is 926 g/mol. The maximum Gasteiger partial charge on any atom is 0.247 e. The smallest absolute Gasteiger partial charge is 0.247 e. The van der Waals surface area contributed by atoms with Crippen LogP contribution in [-0.2, 0) is 9.53 Å². The molecule has 1 saturated carbocycles. The van der Waals surface area contributed by atoms with Crippen molar-refractivity contribution in [3.05, 3.63) is 197 Å². The van der Waals surface area contributed by atoms with Gasteiger partial charge in [0.05, 0.1) is 28.5 Å². The number of Topliss-reactive ketones (excluding diaryl/α,β-unsaturated/α-hetero) is 1. The van der Waals surface area contributed by atoms with Crippen LogP contribution in [0, 0.1) is 11.3 Å². The number of carbonyl (C=O) groups is 1. The van der Waals surface area contributed by atoms with Gasteiger partial charge in [0, 0.05) is 67.3 Å². The molecule has 2 fully saturated rings. The summed E-state index contributed by atoms with van der Waals surface area (Å²) in [4.78, 5) is 35.2. The molecule has 7 aromatic rings. The zero-order valence-electron chi connectivity index (χ0n) is 38.8. The van der Waals surface area contributed by atoms with E-state index in [0.717, 1.165) is 126 Å². The Hall–Kier alpha value is -8.44. The Labute approximate surface area is 409 Å². The van der Waals surface area contributed by atoms with Crippen molar-refractivity contribution in [1.82, 2.24) is 24.8 Å². The predicted molar refractivity (Wildman–Crippen MR) is 283 cm³/mol. The molecule has 14 rings (SSSR count). The van der Waals surface area contributed by atoms with Crippen LogP contribution >= 0.6 is 0 Å². The second kappa shape index (κ2) is 16.1. The molecule has 0 radical (unpaired) electrons. The molecule has 71 heavy (non-hydrogen) atoms. The molecule has 344 valence electrons. The van der Waals surface area contributed by atoms with Crippen LogP contribution in [-0.4, -0.2) is 73.3 Å². The number of hydrogen-bond donors (Lipinski definition) is 4. The molecule has 7 aliphatic rings. The van der Waals surface area contributed by atoms with E-state index in [2.05, 4.69) is 167 Å². The van der Waals surface area contributed by atoms with Crippen LogP contribution in [0.4, 0.5) is 5.69 Å². The van der Waals surface area contributed by atoms with Crippen molar-refractivity contribution in [2.75, 3.05) is 19.0 Å². The second-order valence-electron chi connectivity index (χ2n) is 19.5. The zero-order valence-corrected chi connectivity index (χ0v) is 38.8. The van der Waals surface area contributed by atoms with Gasteiger partial charge >= 0.3 is 0 Å². The minimum absolute atomic E-state index is 0.181. The van der Waals surface area contributed by atoms with Crippen LogP contribution in [0.15, 0.2) is 180 Å². The lowest BCUT2D eigenvalue weighted by Crippen LogP contribution is -2.62. The molecule has 1 spiro atoms. The lowest BCUT2D eigenvalue weighted by Gasteiger charge is -2.57. The number of benzene rings is 4. The molecule has 10 heteroatoms. The third-order valence-corrected chi connectivity index (χ3v) is 15.6. The Morgan fingerprint density at radius 1 is 0.648 bits per heavy atom. The fourth-order valence-electron chi connectivity index (χ4n) is 12.4. The molecule has 4 aliphatic heterocycles. The molecule has 0 unspecified atom stereocenters. The van der Waals surface area contributed by atoms with Crippen molar-refractivity contribution in [1.29, 1.82) is 0 Å². The maximum absolute atomic E-state index is 14.2. The summed E-state index contributed by atoms with van der Waals surface area (Å²) in [7, 11) is 2.17. The summed E-state index contributed by atoms with van der Waals surface area (Å²) in [5.74, 6) is 0.281. The number of nitrogens with zero attached hydrogens (tertiary/aromatic N) is 4.